The number of anilines is 1. The van der Waals surface area contributed by atoms with Gasteiger partial charge < -0.3 is 4.90 Å². The molecule has 2 aromatic rings. The summed E-state index contributed by atoms with van der Waals surface area (Å²) in [5, 5.41) is 3.89. The van der Waals surface area contributed by atoms with Crippen LogP contribution in [0, 0.1) is 11.6 Å². The fourth-order valence-electron chi connectivity index (χ4n) is 1.80. The SMILES string of the molecule is CN(Cc1ccsc1)c1c(F)cc(CCl)cc1F. The van der Waals surface area contributed by atoms with Crippen LogP contribution in [0.3, 0.4) is 0 Å². The van der Waals surface area contributed by atoms with Gasteiger partial charge in [0.15, 0.2) is 0 Å². The van der Waals surface area contributed by atoms with Crippen molar-refractivity contribution in [3.05, 3.63) is 51.7 Å². The molecule has 0 aliphatic rings. The molecule has 0 radical (unpaired) electrons. The zero-order chi connectivity index (χ0) is 13.1. The summed E-state index contributed by atoms with van der Waals surface area (Å²) in [6.45, 7) is 0.470. The van der Waals surface area contributed by atoms with Crippen molar-refractivity contribution in [2.75, 3.05) is 11.9 Å². The molecule has 0 saturated carbocycles. The normalized spacial score (nSPS) is 10.7. The molecule has 0 aliphatic heterocycles. The highest BCUT2D eigenvalue weighted by Gasteiger charge is 2.15. The second kappa shape index (κ2) is 5.67. The van der Waals surface area contributed by atoms with Crippen LogP contribution in [-0.2, 0) is 12.4 Å². The van der Waals surface area contributed by atoms with Gasteiger partial charge in [-0.25, -0.2) is 8.78 Å². The summed E-state index contributed by atoms with van der Waals surface area (Å²) in [6, 6.07) is 4.48. The van der Waals surface area contributed by atoms with Crippen LogP contribution in [0.15, 0.2) is 29.0 Å². The van der Waals surface area contributed by atoms with Gasteiger partial charge in [0.1, 0.15) is 17.3 Å². The van der Waals surface area contributed by atoms with Crippen molar-refractivity contribution in [2.45, 2.75) is 12.4 Å². The summed E-state index contributed by atoms with van der Waals surface area (Å²) in [6.07, 6.45) is 0. The Balaban J connectivity index is 2.27. The van der Waals surface area contributed by atoms with E-state index in [-0.39, 0.29) is 11.6 Å². The van der Waals surface area contributed by atoms with E-state index in [4.69, 9.17) is 11.6 Å². The zero-order valence-electron chi connectivity index (χ0n) is 9.79. The monoisotopic (exact) mass is 287 g/mol. The predicted molar refractivity (Wildman–Crippen MR) is 72.3 cm³/mol. The number of thiophene rings is 1. The van der Waals surface area contributed by atoms with E-state index >= 15 is 0 Å². The molecule has 0 aliphatic carbocycles. The van der Waals surface area contributed by atoms with Crippen molar-refractivity contribution in [1.82, 2.24) is 0 Å². The van der Waals surface area contributed by atoms with Gasteiger partial charge in [-0.15, -0.1) is 11.6 Å². The van der Waals surface area contributed by atoms with E-state index in [0.29, 0.717) is 12.1 Å². The molecule has 0 fully saturated rings. The van der Waals surface area contributed by atoms with E-state index in [1.165, 1.54) is 12.1 Å². The average Bonchev–Trinajstić information content (AvgIpc) is 2.80. The van der Waals surface area contributed by atoms with Gasteiger partial charge in [0.05, 0.1) is 0 Å². The smallest absolute Gasteiger partial charge is 0.149 e. The molecular weight excluding hydrogens is 276 g/mol. The first-order chi connectivity index (χ1) is 8.61. The largest absolute Gasteiger partial charge is 0.365 e. The number of hydrogen-bond acceptors (Lipinski definition) is 2. The van der Waals surface area contributed by atoms with E-state index < -0.39 is 11.6 Å². The quantitative estimate of drug-likeness (QED) is 0.753. The summed E-state index contributed by atoms with van der Waals surface area (Å²) in [5.41, 5.74) is 1.46. The Morgan fingerprint density at radius 3 is 2.39 bits per heavy atom. The lowest BCUT2D eigenvalue weighted by atomic mass is 10.2. The Bertz CT molecular complexity index is 505. The number of halogens is 3. The van der Waals surface area contributed by atoms with Crippen molar-refractivity contribution >= 4 is 28.6 Å². The molecule has 0 amide bonds. The molecule has 1 heterocycles. The van der Waals surface area contributed by atoms with Crippen LogP contribution >= 0.6 is 22.9 Å². The maximum Gasteiger partial charge on any atom is 0.149 e. The van der Waals surface area contributed by atoms with Crippen molar-refractivity contribution in [1.29, 1.82) is 0 Å². The number of benzene rings is 1. The van der Waals surface area contributed by atoms with Gasteiger partial charge in [0.2, 0.25) is 0 Å². The van der Waals surface area contributed by atoms with E-state index in [1.54, 1.807) is 23.3 Å². The minimum atomic E-state index is -0.580. The van der Waals surface area contributed by atoms with Gasteiger partial charge in [-0.3, -0.25) is 0 Å². The molecular formula is C13H12ClF2NS. The molecule has 96 valence electrons. The lowest BCUT2D eigenvalue weighted by molar-refractivity contribution is 0.574. The molecule has 0 bridgehead atoms. The molecule has 18 heavy (non-hydrogen) atoms. The number of rotatable bonds is 4. The molecule has 0 unspecified atom stereocenters. The van der Waals surface area contributed by atoms with Gasteiger partial charge in [-0.1, -0.05) is 0 Å². The molecule has 1 aromatic carbocycles. The second-order valence-corrected chi connectivity index (χ2v) is 5.08. The molecule has 5 heteroatoms. The third kappa shape index (κ3) is 2.82. The van der Waals surface area contributed by atoms with Crippen LogP contribution in [-0.4, -0.2) is 7.05 Å². The van der Waals surface area contributed by atoms with Crippen molar-refractivity contribution in [2.24, 2.45) is 0 Å². The summed E-state index contributed by atoms with van der Waals surface area (Å²) in [7, 11) is 1.67. The Labute approximate surface area is 114 Å². The third-order valence-electron chi connectivity index (χ3n) is 2.61. The Hall–Kier alpha value is -1.13. The second-order valence-electron chi connectivity index (χ2n) is 4.03. The molecule has 1 aromatic heterocycles. The average molecular weight is 288 g/mol. The van der Waals surface area contributed by atoms with Gasteiger partial charge >= 0.3 is 0 Å². The van der Waals surface area contributed by atoms with E-state index in [9.17, 15) is 8.78 Å². The van der Waals surface area contributed by atoms with Crippen LogP contribution in [0.4, 0.5) is 14.5 Å². The Kier molecular flexibility index (Phi) is 4.19. The molecule has 2 rings (SSSR count). The molecule has 1 nitrogen and oxygen atoms in total. The highest BCUT2D eigenvalue weighted by molar-refractivity contribution is 7.07. The fraction of sp³-hybridized carbons (Fsp3) is 0.231. The van der Waals surface area contributed by atoms with Crippen molar-refractivity contribution < 1.29 is 8.78 Å². The number of nitrogens with zero attached hydrogens (tertiary/aromatic N) is 1. The summed E-state index contributed by atoms with van der Waals surface area (Å²) in [5.74, 6) is -1.06. The third-order valence-corrected chi connectivity index (χ3v) is 3.65. The van der Waals surface area contributed by atoms with Crippen LogP contribution in [0.2, 0.25) is 0 Å². The first-order valence-electron chi connectivity index (χ1n) is 5.38. The fourth-order valence-corrected chi connectivity index (χ4v) is 2.61. The maximum atomic E-state index is 13.8. The highest BCUT2D eigenvalue weighted by Crippen LogP contribution is 2.26. The first kappa shape index (κ1) is 13.3. The summed E-state index contributed by atoms with van der Waals surface area (Å²) in [4.78, 5) is 1.56. The lowest BCUT2D eigenvalue weighted by Gasteiger charge is -2.20. The summed E-state index contributed by atoms with van der Waals surface area (Å²) < 4.78 is 27.7. The van der Waals surface area contributed by atoms with Crippen molar-refractivity contribution in [3.8, 4) is 0 Å². The molecule has 0 N–H and O–H groups in total. The Morgan fingerprint density at radius 1 is 1.22 bits per heavy atom. The molecule has 0 spiro atoms. The lowest BCUT2D eigenvalue weighted by Crippen LogP contribution is -2.19. The number of hydrogen-bond donors (Lipinski definition) is 0. The topological polar surface area (TPSA) is 3.24 Å². The van der Waals surface area contributed by atoms with Gasteiger partial charge in [-0.2, -0.15) is 11.3 Å². The first-order valence-corrected chi connectivity index (χ1v) is 6.85. The standard InChI is InChI=1S/C13H12ClF2NS/c1-17(7-9-2-3-18-8-9)13-11(15)4-10(6-14)5-12(13)16/h2-5,8H,6-7H2,1H3. The van der Waals surface area contributed by atoms with Gasteiger partial charge in [-0.05, 0) is 40.1 Å². The summed E-state index contributed by atoms with van der Waals surface area (Å²) >= 11 is 7.13. The van der Waals surface area contributed by atoms with Crippen LogP contribution in [0.5, 0.6) is 0 Å². The maximum absolute atomic E-state index is 13.8. The minimum Gasteiger partial charge on any atom is -0.365 e. The predicted octanol–water partition coefficient (Wildman–Crippen LogP) is 4.40. The van der Waals surface area contributed by atoms with E-state index in [0.717, 1.165) is 5.56 Å². The number of alkyl halides is 1. The molecule has 0 saturated heterocycles. The zero-order valence-corrected chi connectivity index (χ0v) is 11.4. The van der Waals surface area contributed by atoms with E-state index in [1.807, 2.05) is 16.8 Å². The molecule has 0 atom stereocenters. The van der Waals surface area contributed by atoms with Gasteiger partial charge in [0.25, 0.3) is 0 Å². The van der Waals surface area contributed by atoms with E-state index in [2.05, 4.69) is 0 Å². The minimum absolute atomic E-state index is 0.0185. The van der Waals surface area contributed by atoms with Crippen LogP contribution in [0.25, 0.3) is 0 Å². The van der Waals surface area contributed by atoms with Gasteiger partial charge in [0, 0.05) is 19.5 Å². The Morgan fingerprint density at radius 2 is 1.89 bits per heavy atom. The van der Waals surface area contributed by atoms with Crippen LogP contribution in [0.1, 0.15) is 11.1 Å². The van der Waals surface area contributed by atoms with Crippen molar-refractivity contribution in [3.63, 3.8) is 0 Å². The highest BCUT2D eigenvalue weighted by atomic mass is 35.5. The van der Waals surface area contributed by atoms with Crippen LogP contribution < -0.4 is 4.90 Å².